The van der Waals surface area contributed by atoms with Crippen LogP contribution in [-0.4, -0.2) is 40.9 Å². The van der Waals surface area contributed by atoms with Crippen molar-refractivity contribution in [3.05, 3.63) is 82.1 Å². The van der Waals surface area contributed by atoms with E-state index in [1.807, 2.05) is 31.2 Å². The normalized spacial score (nSPS) is 20.5. The fourth-order valence-electron chi connectivity index (χ4n) is 5.20. The van der Waals surface area contributed by atoms with Gasteiger partial charge in [0.1, 0.15) is 46.5 Å². The maximum absolute atomic E-state index is 14.5. The Morgan fingerprint density at radius 3 is 2.57 bits per heavy atom. The summed E-state index contributed by atoms with van der Waals surface area (Å²) in [6, 6.07) is 15.7. The Morgan fingerprint density at radius 1 is 1.14 bits per heavy atom. The molecule has 0 amide bonds. The number of hydrogen-bond acceptors (Lipinski definition) is 5. The standard InChI is InChI=1S/C30H31ClFNO4/c1-17-10-11-33(15-17)18(2)16-36-23-7-4-20(5-8-23)30-28(21-12-25(32)29(31)26(35)13-21)19(3)24-14-22(34)6-9-27(24)37-30/h4-9,12-14,17-18,30,34-35H,10-11,15-16H2,1-3H3/t17-,18+,30?/m1/s1. The van der Waals surface area contributed by atoms with E-state index in [-0.39, 0.29) is 16.5 Å². The third kappa shape index (κ3) is 5.13. The zero-order valence-electron chi connectivity index (χ0n) is 21.2. The zero-order valence-corrected chi connectivity index (χ0v) is 21.9. The monoisotopic (exact) mass is 523 g/mol. The SMILES string of the molecule is CC1=C(c2cc(O)c(Cl)c(F)c2)C(c2ccc(OC[C@H](C)N3CC[C@@H](C)C3)cc2)Oc2ccc(O)cc21. The van der Waals surface area contributed by atoms with Crippen molar-refractivity contribution in [2.45, 2.75) is 39.3 Å². The highest BCUT2D eigenvalue weighted by atomic mass is 35.5. The molecule has 0 spiro atoms. The van der Waals surface area contributed by atoms with E-state index in [2.05, 4.69) is 18.7 Å². The number of benzene rings is 3. The van der Waals surface area contributed by atoms with Crippen molar-refractivity contribution in [3.8, 4) is 23.0 Å². The Morgan fingerprint density at radius 2 is 1.89 bits per heavy atom. The van der Waals surface area contributed by atoms with Gasteiger partial charge in [-0.3, -0.25) is 4.90 Å². The highest BCUT2D eigenvalue weighted by Gasteiger charge is 2.31. The average Bonchev–Trinajstić information content (AvgIpc) is 3.32. The summed E-state index contributed by atoms with van der Waals surface area (Å²) in [5.41, 5.74) is 3.47. The van der Waals surface area contributed by atoms with Crippen molar-refractivity contribution in [2.24, 2.45) is 5.92 Å². The first-order chi connectivity index (χ1) is 17.7. The number of fused-ring (bicyclic) bond motifs is 1. The molecule has 0 bridgehead atoms. The number of hydrogen-bond donors (Lipinski definition) is 2. The number of aromatic hydroxyl groups is 2. The van der Waals surface area contributed by atoms with Crippen molar-refractivity contribution in [2.75, 3.05) is 19.7 Å². The Kier molecular flexibility index (Phi) is 7.06. The molecule has 5 nitrogen and oxygen atoms in total. The van der Waals surface area contributed by atoms with Crippen LogP contribution in [0.5, 0.6) is 23.0 Å². The van der Waals surface area contributed by atoms with Crippen molar-refractivity contribution in [1.82, 2.24) is 4.90 Å². The number of ether oxygens (including phenoxy) is 2. The van der Waals surface area contributed by atoms with Crippen LogP contribution in [0.4, 0.5) is 4.39 Å². The van der Waals surface area contributed by atoms with E-state index in [4.69, 9.17) is 21.1 Å². The topological polar surface area (TPSA) is 62.2 Å². The van der Waals surface area contributed by atoms with Crippen LogP contribution in [0.1, 0.15) is 50.0 Å². The molecule has 37 heavy (non-hydrogen) atoms. The second kappa shape index (κ2) is 10.3. The molecule has 1 fully saturated rings. The van der Waals surface area contributed by atoms with Gasteiger partial charge in [0.2, 0.25) is 0 Å². The molecule has 0 aliphatic carbocycles. The van der Waals surface area contributed by atoms with Crippen LogP contribution in [-0.2, 0) is 0 Å². The van der Waals surface area contributed by atoms with E-state index in [0.29, 0.717) is 35.1 Å². The van der Waals surface area contributed by atoms with Gasteiger partial charge in [-0.15, -0.1) is 0 Å². The lowest BCUT2D eigenvalue weighted by Gasteiger charge is -2.31. The first kappa shape index (κ1) is 25.4. The van der Waals surface area contributed by atoms with Crippen LogP contribution in [0.3, 0.4) is 0 Å². The van der Waals surface area contributed by atoms with E-state index in [0.717, 1.165) is 35.9 Å². The molecule has 3 aromatic carbocycles. The first-order valence-electron chi connectivity index (χ1n) is 12.6. The summed E-state index contributed by atoms with van der Waals surface area (Å²) in [6.45, 7) is 9.19. The van der Waals surface area contributed by atoms with Crippen LogP contribution in [0, 0.1) is 11.7 Å². The molecule has 2 aliphatic rings. The van der Waals surface area contributed by atoms with E-state index in [9.17, 15) is 14.6 Å². The molecule has 0 aromatic heterocycles. The van der Waals surface area contributed by atoms with Crippen LogP contribution in [0.25, 0.3) is 11.1 Å². The van der Waals surface area contributed by atoms with Gasteiger partial charge in [-0.05, 0) is 91.9 Å². The van der Waals surface area contributed by atoms with Gasteiger partial charge in [-0.2, -0.15) is 0 Å². The molecule has 2 N–H and O–H groups in total. The number of likely N-dealkylation sites (tertiary alicyclic amines) is 1. The number of allylic oxidation sites excluding steroid dienone is 1. The average molecular weight is 524 g/mol. The smallest absolute Gasteiger partial charge is 0.150 e. The number of phenols is 2. The highest BCUT2D eigenvalue weighted by molar-refractivity contribution is 6.32. The summed E-state index contributed by atoms with van der Waals surface area (Å²) in [7, 11) is 0. The minimum Gasteiger partial charge on any atom is -0.508 e. The Hall–Kier alpha value is -3.22. The molecule has 3 atom stereocenters. The molecular weight excluding hydrogens is 493 g/mol. The maximum atomic E-state index is 14.5. The molecule has 0 radical (unpaired) electrons. The van der Waals surface area contributed by atoms with Crippen molar-refractivity contribution in [1.29, 1.82) is 0 Å². The van der Waals surface area contributed by atoms with Gasteiger partial charge in [-0.25, -0.2) is 4.39 Å². The molecule has 1 saturated heterocycles. The van der Waals surface area contributed by atoms with Crippen LogP contribution in [0.2, 0.25) is 5.02 Å². The second-order valence-corrected chi connectivity index (χ2v) is 10.5. The lowest BCUT2D eigenvalue weighted by Crippen LogP contribution is -2.35. The van der Waals surface area contributed by atoms with Gasteiger partial charge in [0.15, 0.2) is 0 Å². The van der Waals surface area contributed by atoms with E-state index >= 15 is 0 Å². The first-order valence-corrected chi connectivity index (χ1v) is 12.9. The van der Waals surface area contributed by atoms with Gasteiger partial charge in [0.05, 0.1) is 0 Å². The largest absolute Gasteiger partial charge is 0.508 e. The van der Waals surface area contributed by atoms with Crippen molar-refractivity contribution >= 4 is 22.7 Å². The third-order valence-corrected chi connectivity index (χ3v) is 7.73. The molecule has 7 heteroatoms. The van der Waals surface area contributed by atoms with E-state index < -0.39 is 11.9 Å². The molecule has 2 aliphatic heterocycles. The summed E-state index contributed by atoms with van der Waals surface area (Å²) in [5.74, 6) is 1.14. The zero-order chi connectivity index (χ0) is 26.3. The number of nitrogens with zero attached hydrogens (tertiary/aromatic N) is 1. The fraction of sp³-hybridized carbons (Fsp3) is 0.333. The molecule has 194 valence electrons. The minimum absolute atomic E-state index is 0.101. The molecule has 0 saturated carbocycles. The molecule has 3 aromatic rings. The summed E-state index contributed by atoms with van der Waals surface area (Å²) >= 11 is 5.88. The predicted molar refractivity (Wildman–Crippen MR) is 144 cm³/mol. The summed E-state index contributed by atoms with van der Waals surface area (Å²) in [6.07, 6.45) is 0.657. The van der Waals surface area contributed by atoms with E-state index in [1.165, 1.54) is 18.6 Å². The van der Waals surface area contributed by atoms with Crippen LogP contribution in [0.15, 0.2) is 54.6 Å². The van der Waals surface area contributed by atoms with E-state index in [1.54, 1.807) is 18.2 Å². The summed E-state index contributed by atoms with van der Waals surface area (Å²) in [5, 5.41) is 20.0. The molecule has 5 rings (SSSR count). The van der Waals surface area contributed by atoms with Gasteiger partial charge >= 0.3 is 0 Å². The number of rotatable bonds is 6. The third-order valence-electron chi connectivity index (χ3n) is 7.35. The van der Waals surface area contributed by atoms with Crippen molar-refractivity contribution < 1.29 is 24.1 Å². The summed E-state index contributed by atoms with van der Waals surface area (Å²) in [4.78, 5) is 2.46. The molecule has 1 unspecified atom stereocenters. The van der Waals surface area contributed by atoms with Crippen molar-refractivity contribution in [3.63, 3.8) is 0 Å². The number of halogens is 2. The second-order valence-electron chi connectivity index (χ2n) is 10.1. The van der Waals surface area contributed by atoms with Gasteiger partial charge in [-0.1, -0.05) is 30.7 Å². The Balaban J connectivity index is 1.44. The number of phenolic OH excluding ortho intramolecular Hbond substituents is 2. The Labute approximate surface area is 221 Å². The van der Waals surface area contributed by atoms with Crippen LogP contribution < -0.4 is 9.47 Å². The molecule has 2 heterocycles. The highest BCUT2D eigenvalue weighted by Crippen LogP contribution is 2.48. The van der Waals surface area contributed by atoms with Gasteiger partial charge in [0, 0.05) is 23.7 Å². The van der Waals surface area contributed by atoms with Crippen LogP contribution >= 0.6 is 11.6 Å². The van der Waals surface area contributed by atoms with Gasteiger partial charge in [0.25, 0.3) is 0 Å². The predicted octanol–water partition coefficient (Wildman–Crippen LogP) is 7.06. The lowest BCUT2D eigenvalue weighted by molar-refractivity contribution is 0.169. The molecular formula is C30H31ClFNO4. The fourth-order valence-corrected chi connectivity index (χ4v) is 5.31. The minimum atomic E-state index is -0.720. The van der Waals surface area contributed by atoms with Gasteiger partial charge < -0.3 is 19.7 Å². The lowest BCUT2D eigenvalue weighted by atomic mass is 9.86. The quantitative estimate of drug-likeness (QED) is 0.362. The summed E-state index contributed by atoms with van der Waals surface area (Å²) < 4.78 is 27.0. The Bertz CT molecular complexity index is 1320. The maximum Gasteiger partial charge on any atom is 0.150 e.